The molecule has 2 rings (SSSR count). The first kappa shape index (κ1) is 15.2. The topological polar surface area (TPSA) is 18.5 Å². The lowest BCUT2D eigenvalue weighted by Crippen LogP contribution is -2.53. The summed E-state index contributed by atoms with van der Waals surface area (Å²) >= 11 is 0. The molecule has 2 aromatic rings. The van der Waals surface area contributed by atoms with Crippen molar-refractivity contribution in [3.8, 4) is 0 Å². The minimum absolute atomic E-state index is 0.701. The molecule has 0 aliphatic rings. The van der Waals surface area contributed by atoms with Gasteiger partial charge in [-0.15, -0.1) is 0 Å². The summed E-state index contributed by atoms with van der Waals surface area (Å²) in [6, 6.07) is 15.9. The van der Waals surface area contributed by atoms with Crippen molar-refractivity contribution in [3.05, 3.63) is 42.5 Å². The van der Waals surface area contributed by atoms with Crippen LogP contribution in [0, 0.1) is 0 Å². The summed E-state index contributed by atoms with van der Waals surface area (Å²) in [5, 5.41) is 3.80. The van der Waals surface area contributed by atoms with Gasteiger partial charge in [-0.2, -0.15) is 0 Å². The first-order valence-electron chi connectivity index (χ1n) is 7.53. The fourth-order valence-corrected chi connectivity index (χ4v) is 5.82. The number of hydrogen-bond acceptors (Lipinski definition) is 2. The van der Waals surface area contributed by atoms with Gasteiger partial charge in [-0.25, -0.2) is 0 Å². The standard InChI is InChI=1S/C17H24O2Si/c1-4-14-19-20(6-3,18-5-2)17-13-9-11-15-10-7-8-12-16(15)17/h7-13H,4-6,14H2,1-3H3. The van der Waals surface area contributed by atoms with Gasteiger partial charge in [0.15, 0.2) is 0 Å². The molecule has 0 amide bonds. The molecule has 0 aromatic heterocycles. The van der Waals surface area contributed by atoms with E-state index >= 15 is 0 Å². The Morgan fingerprint density at radius 3 is 2.35 bits per heavy atom. The predicted molar refractivity (Wildman–Crippen MR) is 87.7 cm³/mol. The van der Waals surface area contributed by atoms with E-state index in [1.807, 2.05) is 0 Å². The normalized spacial score (nSPS) is 14.3. The van der Waals surface area contributed by atoms with Crippen LogP contribution < -0.4 is 5.19 Å². The maximum Gasteiger partial charge on any atom is 0.372 e. The zero-order valence-corrected chi connectivity index (χ0v) is 13.7. The van der Waals surface area contributed by atoms with Crippen LogP contribution in [-0.4, -0.2) is 21.8 Å². The third kappa shape index (κ3) is 2.95. The second kappa shape index (κ2) is 7.02. The van der Waals surface area contributed by atoms with Crippen LogP contribution in [0.3, 0.4) is 0 Å². The largest absolute Gasteiger partial charge is 0.391 e. The summed E-state index contributed by atoms with van der Waals surface area (Å²) in [5.74, 6) is 0. The highest BCUT2D eigenvalue weighted by Gasteiger charge is 2.39. The lowest BCUT2D eigenvalue weighted by molar-refractivity contribution is 0.188. The molecule has 0 saturated heterocycles. The van der Waals surface area contributed by atoms with E-state index in [1.165, 1.54) is 16.0 Å². The van der Waals surface area contributed by atoms with E-state index in [1.54, 1.807) is 0 Å². The monoisotopic (exact) mass is 288 g/mol. The molecule has 0 aliphatic carbocycles. The fraction of sp³-hybridized carbons (Fsp3) is 0.412. The Morgan fingerprint density at radius 1 is 0.900 bits per heavy atom. The summed E-state index contributed by atoms with van der Waals surface area (Å²) in [4.78, 5) is 0. The maximum atomic E-state index is 6.28. The number of hydrogen-bond donors (Lipinski definition) is 0. The van der Waals surface area contributed by atoms with Gasteiger partial charge in [0.25, 0.3) is 0 Å². The number of rotatable bonds is 7. The molecule has 20 heavy (non-hydrogen) atoms. The molecule has 0 N–H and O–H groups in total. The second-order valence-corrected chi connectivity index (χ2v) is 8.24. The van der Waals surface area contributed by atoms with Crippen LogP contribution in [0.15, 0.2) is 42.5 Å². The Labute approximate surface area is 123 Å². The van der Waals surface area contributed by atoms with Crippen molar-refractivity contribution in [2.24, 2.45) is 0 Å². The average Bonchev–Trinajstić information content (AvgIpc) is 2.51. The van der Waals surface area contributed by atoms with Crippen LogP contribution in [-0.2, 0) is 8.85 Å². The van der Waals surface area contributed by atoms with Crippen molar-refractivity contribution < 1.29 is 8.85 Å². The fourth-order valence-electron chi connectivity index (χ4n) is 2.65. The van der Waals surface area contributed by atoms with E-state index in [9.17, 15) is 0 Å². The van der Waals surface area contributed by atoms with Crippen LogP contribution in [0.4, 0.5) is 0 Å². The lowest BCUT2D eigenvalue weighted by atomic mass is 10.1. The van der Waals surface area contributed by atoms with Crippen LogP contribution >= 0.6 is 0 Å². The van der Waals surface area contributed by atoms with Gasteiger partial charge < -0.3 is 8.85 Å². The second-order valence-electron chi connectivity index (χ2n) is 4.91. The summed E-state index contributed by atoms with van der Waals surface area (Å²) in [6.45, 7) is 7.84. The zero-order chi connectivity index (χ0) is 14.4. The third-order valence-electron chi connectivity index (χ3n) is 3.58. The molecule has 1 atom stereocenters. The van der Waals surface area contributed by atoms with E-state index in [2.05, 4.69) is 63.2 Å². The van der Waals surface area contributed by atoms with E-state index in [0.717, 1.165) is 19.1 Å². The Balaban J connectivity index is 2.55. The summed E-state index contributed by atoms with van der Waals surface area (Å²) in [7, 11) is -2.33. The molecule has 0 aliphatic heterocycles. The summed E-state index contributed by atoms with van der Waals surface area (Å²) in [6.07, 6.45) is 1.02. The van der Waals surface area contributed by atoms with Crippen molar-refractivity contribution in [3.63, 3.8) is 0 Å². The van der Waals surface area contributed by atoms with Crippen LogP contribution in [0.5, 0.6) is 0 Å². The third-order valence-corrected chi connectivity index (χ3v) is 7.20. The number of benzene rings is 2. The molecule has 3 heteroatoms. The number of fused-ring (bicyclic) bond motifs is 1. The van der Waals surface area contributed by atoms with Gasteiger partial charge in [0.1, 0.15) is 0 Å². The molecular weight excluding hydrogens is 264 g/mol. The molecule has 108 valence electrons. The molecule has 1 unspecified atom stereocenters. The maximum absolute atomic E-state index is 6.28. The van der Waals surface area contributed by atoms with Gasteiger partial charge in [-0.3, -0.25) is 0 Å². The van der Waals surface area contributed by atoms with Crippen LogP contribution in [0.2, 0.25) is 6.04 Å². The summed E-state index contributed by atoms with van der Waals surface area (Å²) in [5.41, 5.74) is 0. The van der Waals surface area contributed by atoms with Gasteiger partial charge in [-0.05, 0) is 30.2 Å². The molecule has 0 fully saturated rings. The SMILES string of the molecule is CCCO[Si](CC)(OCC)c1cccc2ccccc12. The minimum atomic E-state index is -2.33. The van der Waals surface area contributed by atoms with Crippen molar-refractivity contribution in [1.82, 2.24) is 0 Å². The average molecular weight is 288 g/mol. The Hall–Kier alpha value is -1.16. The molecule has 0 heterocycles. The van der Waals surface area contributed by atoms with E-state index < -0.39 is 8.56 Å². The van der Waals surface area contributed by atoms with E-state index in [-0.39, 0.29) is 0 Å². The van der Waals surface area contributed by atoms with Gasteiger partial charge in [-0.1, -0.05) is 56.3 Å². The highest BCUT2D eigenvalue weighted by Crippen LogP contribution is 2.20. The van der Waals surface area contributed by atoms with Crippen molar-refractivity contribution in [1.29, 1.82) is 0 Å². The van der Waals surface area contributed by atoms with Gasteiger partial charge in [0, 0.05) is 18.4 Å². The first-order chi connectivity index (χ1) is 9.77. The molecule has 0 radical (unpaired) electrons. The molecule has 0 bridgehead atoms. The highest BCUT2D eigenvalue weighted by atomic mass is 28.4. The first-order valence-corrected chi connectivity index (χ1v) is 9.56. The smallest absolute Gasteiger partial charge is 0.372 e. The molecule has 0 spiro atoms. The molecule has 2 aromatic carbocycles. The predicted octanol–water partition coefficient (Wildman–Crippen LogP) is 3.97. The molecular formula is C17H24O2Si. The minimum Gasteiger partial charge on any atom is -0.391 e. The Bertz CT molecular complexity index is 550. The van der Waals surface area contributed by atoms with E-state index in [0.29, 0.717) is 6.61 Å². The molecule has 2 nitrogen and oxygen atoms in total. The van der Waals surface area contributed by atoms with Crippen LogP contribution in [0.25, 0.3) is 10.8 Å². The molecule has 0 saturated carbocycles. The highest BCUT2D eigenvalue weighted by molar-refractivity contribution is 6.83. The quantitative estimate of drug-likeness (QED) is 0.718. The van der Waals surface area contributed by atoms with Crippen LogP contribution in [0.1, 0.15) is 27.2 Å². The van der Waals surface area contributed by atoms with Gasteiger partial charge >= 0.3 is 8.56 Å². The lowest BCUT2D eigenvalue weighted by Gasteiger charge is -2.30. The van der Waals surface area contributed by atoms with Gasteiger partial charge in [0.05, 0.1) is 0 Å². The summed E-state index contributed by atoms with van der Waals surface area (Å²) < 4.78 is 12.5. The van der Waals surface area contributed by atoms with E-state index in [4.69, 9.17) is 8.85 Å². The Kier molecular flexibility index (Phi) is 5.35. The Morgan fingerprint density at radius 2 is 1.65 bits per heavy atom. The van der Waals surface area contributed by atoms with Crippen molar-refractivity contribution in [2.75, 3.05) is 13.2 Å². The van der Waals surface area contributed by atoms with Crippen molar-refractivity contribution >= 4 is 24.5 Å². The van der Waals surface area contributed by atoms with Gasteiger partial charge in [0.2, 0.25) is 0 Å². The zero-order valence-electron chi connectivity index (χ0n) is 12.7. The van der Waals surface area contributed by atoms with Crippen molar-refractivity contribution in [2.45, 2.75) is 33.2 Å².